The van der Waals surface area contributed by atoms with E-state index in [1.807, 2.05) is 54.2 Å². The SMILES string of the molecule is COc1cc(C2SCC(=O)N2Cc2ccc(N(C)C)cc2)ccc1OC(=O)OC(C)(C)C. The molecule has 172 valence electrons. The fourth-order valence-corrected chi connectivity index (χ4v) is 4.46. The van der Waals surface area contributed by atoms with Crippen LogP contribution in [0.4, 0.5) is 10.5 Å². The lowest BCUT2D eigenvalue weighted by Gasteiger charge is -2.25. The summed E-state index contributed by atoms with van der Waals surface area (Å²) in [5, 5.41) is -0.152. The first kappa shape index (κ1) is 23.8. The van der Waals surface area contributed by atoms with Gasteiger partial charge in [0, 0.05) is 26.3 Å². The molecule has 1 saturated heterocycles. The molecule has 8 heteroatoms. The number of benzene rings is 2. The minimum atomic E-state index is -0.795. The van der Waals surface area contributed by atoms with Gasteiger partial charge in [-0.2, -0.15) is 0 Å². The summed E-state index contributed by atoms with van der Waals surface area (Å²) in [4.78, 5) is 28.6. The van der Waals surface area contributed by atoms with Gasteiger partial charge in [-0.3, -0.25) is 4.79 Å². The van der Waals surface area contributed by atoms with E-state index in [2.05, 4.69) is 0 Å². The summed E-state index contributed by atoms with van der Waals surface area (Å²) >= 11 is 1.57. The lowest BCUT2D eigenvalue weighted by molar-refractivity contribution is -0.128. The van der Waals surface area contributed by atoms with Crippen LogP contribution in [-0.2, 0) is 16.1 Å². The third-order valence-electron chi connectivity index (χ3n) is 4.83. The van der Waals surface area contributed by atoms with Gasteiger partial charge in [-0.15, -0.1) is 11.8 Å². The largest absolute Gasteiger partial charge is 0.514 e. The van der Waals surface area contributed by atoms with Crippen molar-refractivity contribution in [2.45, 2.75) is 38.3 Å². The zero-order valence-electron chi connectivity index (χ0n) is 19.4. The molecule has 2 aromatic rings. The van der Waals surface area contributed by atoms with E-state index in [-0.39, 0.29) is 17.0 Å². The Balaban J connectivity index is 1.78. The van der Waals surface area contributed by atoms with Gasteiger partial charge in [0.15, 0.2) is 11.5 Å². The maximum Gasteiger partial charge on any atom is 0.514 e. The van der Waals surface area contributed by atoms with Crippen molar-refractivity contribution in [2.24, 2.45) is 0 Å². The van der Waals surface area contributed by atoms with E-state index < -0.39 is 11.8 Å². The molecule has 0 aromatic heterocycles. The first-order chi connectivity index (χ1) is 15.1. The average Bonchev–Trinajstić information content (AvgIpc) is 3.07. The molecule has 0 spiro atoms. The number of hydrogen-bond acceptors (Lipinski definition) is 7. The summed E-state index contributed by atoms with van der Waals surface area (Å²) in [6, 6.07) is 13.5. The molecule has 0 bridgehead atoms. The number of carbonyl (C=O) groups is 2. The summed E-state index contributed by atoms with van der Waals surface area (Å²) in [5.41, 5.74) is 2.42. The number of rotatable bonds is 6. The number of nitrogens with zero attached hydrogens (tertiary/aromatic N) is 2. The Morgan fingerprint density at radius 2 is 1.81 bits per heavy atom. The molecule has 1 aliphatic heterocycles. The minimum Gasteiger partial charge on any atom is -0.493 e. The number of thioether (sulfide) groups is 1. The second-order valence-electron chi connectivity index (χ2n) is 8.72. The number of amides is 1. The van der Waals surface area contributed by atoms with E-state index >= 15 is 0 Å². The Kier molecular flexibility index (Phi) is 7.23. The van der Waals surface area contributed by atoms with Gasteiger partial charge >= 0.3 is 6.16 Å². The third-order valence-corrected chi connectivity index (χ3v) is 6.09. The molecular formula is C24H30N2O5S. The second-order valence-corrected chi connectivity index (χ2v) is 9.79. The summed E-state index contributed by atoms with van der Waals surface area (Å²) in [6.07, 6.45) is -0.795. The molecule has 0 N–H and O–H groups in total. The predicted octanol–water partition coefficient (Wildman–Crippen LogP) is 4.85. The van der Waals surface area contributed by atoms with Crippen LogP contribution in [0.15, 0.2) is 42.5 Å². The van der Waals surface area contributed by atoms with E-state index in [9.17, 15) is 9.59 Å². The van der Waals surface area contributed by atoms with E-state index in [4.69, 9.17) is 14.2 Å². The van der Waals surface area contributed by atoms with Crippen LogP contribution in [0, 0.1) is 0 Å². The third kappa shape index (κ3) is 5.88. The van der Waals surface area contributed by atoms with Crippen LogP contribution in [-0.4, -0.2) is 49.5 Å². The fourth-order valence-electron chi connectivity index (χ4n) is 3.28. The zero-order valence-corrected chi connectivity index (χ0v) is 20.2. The molecule has 7 nitrogen and oxygen atoms in total. The molecule has 0 aliphatic carbocycles. The van der Waals surface area contributed by atoms with Crippen LogP contribution in [0.2, 0.25) is 0 Å². The summed E-state index contributed by atoms with van der Waals surface area (Å²) in [6.45, 7) is 5.82. The van der Waals surface area contributed by atoms with Gasteiger partial charge in [-0.25, -0.2) is 4.79 Å². The molecule has 1 aliphatic rings. The predicted molar refractivity (Wildman–Crippen MR) is 126 cm³/mol. The Morgan fingerprint density at radius 3 is 2.41 bits per heavy atom. The van der Waals surface area contributed by atoms with Crippen molar-refractivity contribution in [1.29, 1.82) is 0 Å². The Labute approximate surface area is 193 Å². The van der Waals surface area contributed by atoms with Gasteiger partial charge in [0.2, 0.25) is 5.91 Å². The molecule has 1 heterocycles. The minimum absolute atomic E-state index is 0.0877. The number of hydrogen-bond donors (Lipinski definition) is 0. The van der Waals surface area contributed by atoms with Crippen LogP contribution in [0.1, 0.15) is 37.3 Å². The highest BCUT2D eigenvalue weighted by molar-refractivity contribution is 8.00. The summed E-state index contributed by atoms with van der Waals surface area (Å²) in [7, 11) is 5.50. The number of anilines is 1. The number of carbonyl (C=O) groups excluding carboxylic acids is 2. The molecule has 1 atom stereocenters. The van der Waals surface area contributed by atoms with Crippen molar-refractivity contribution < 1.29 is 23.8 Å². The van der Waals surface area contributed by atoms with E-state index in [1.54, 1.807) is 44.7 Å². The molecule has 3 rings (SSSR count). The maximum atomic E-state index is 12.6. The van der Waals surface area contributed by atoms with Crippen LogP contribution >= 0.6 is 11.8 Å². The number of methoxy groups -OCH3 is 1. The van der Waals surface area contributed by atoms with Gasteiger partial charge in [-0.1, -0.05) is 18.2 Å². The highest BCUT2D eigenvalue weighted by Gasteiger charge is 2.33. The van der Waals surface area contributed by atoms with Crippen LogP contribution in [0.3, 0.4) is 0 Å². The van der Waals surface area contributed by atoms with Gasteiger partial charge in [-0.05, 0) is 56.2 Å². The van der Waals surface area contributed by atoms with Crippen LogP contribution in [0.5, 0.6) is 11.5 Å². The molecule has 1 fully saturated rings. The first-order valence-corrected chi connectivity index (χ1v) is 11.4. The summed E-state index contributed by atoms with van der Waals surface area (Å²) in [5.74, 6) is 1.18. The quantitative estimate of drug-likeness (QED) is 0.453. The topological polar surface area (TPSA) is 68.3 Å². The Morgan fingerprint density at radius 1 is 1.12 bits per heavy atom. The van der Waals surface area contributed by atoms with Gasteiger partial charge in [0.25, 0.3) is 0 Å². The highest BCUT2D eigenvalue weighted by Crippen LogP contribution is 2.42. The summed E-state index contributed by atoms with van der Waals surface area (Å²) < 4.78 is 16.0. The zero-order chi connectivity index (χ0) is 23.5. The molecule has 1 unspecified atom stereocenters. The molecule has 0 saturated carbocycles. The number of ether oxygens (including phenoxy) is 3. The smallest absolute Gasteiger partial charge is 0.493 e. The van der Waals surface area contributed by atoms with Crippen molar-refractivity contribution in [2.75, 3.05) is 31.9 Å². The average molecular weight is 459 g/mol. The van der Waals surface area contributed by atoms with Crippen molar-refractivity contribution in [3.63, 3.8) is 0 Å². The molecule has 2 aromatic carbocycles. The monoisotopic (exact) mass is 458 g/mol. The molecule has 32 heavy (non-hydrogen) atoms. The standard InChI is InChI=1S/C24H30N2O5S/c1-24(2,3)31-23(28)30-19-12-9-17(13-20(19)29-6)22-26(21(27)15-32-22)14-16-7-10-18(11-8-16)25(4)5/h7-13,22H,14-15H2,1-6H3. The van der Waals surface area contributed by atoms with E-state index in [0.29, 0.717) is 18.0 Å². The Bertz CT molecular complexity index is 969. The molecule has 1 amide bonds. The van der Waals surface area contributed by atoms with Crippen molar-refractivity contribution in [3.8, 4) is 11.5 Å². The van der Waals surface area contributed by atoms with Crippen LogP contribution in [0.25, 0.3) is 0 Å². The van der Waals surface area contributed by atoms with Crippen molar-refractivity contribution in [1.82, 2.24) is 4.90 Å². The lowest BCUT2D eigenvalue weighted by atomic mass is 10.1. The van der Waals surface area contributed by atoms with Gasteiger partial charge in [0.05, 0.1) is 12.9 Å². The highest BCUT2D eigenvalue weighted by atomic mass is 32.2. The first-order valence-electron chi connectivity index (χ1n) is 10.3. The van der Waals surface area contributed by atoms with E-state index in [0.717, 1.165) is 16.8 Å². The molecular weight excluding hydrogens is 428 g/mol. The fraction of sp³-hybridized carbons (Fsp3) is 0.417. The van der Waals surface area contributed by atoms with E-state index in [1.165, 1.54) is 7.11 Å². The van der Waals surface area contributed by atoms with Crippen molar-refractivity contribution >= 4 is 29.5 Å². The van der Waals surface area contributed by atoms with Gasteiger partial charge in [0.1, 0.15) is 11.0 Å². The van der Waals surface area contributed by atoms with Gasteiger partial charge < -0.3 is 24.0 Å². The normalized spacial score (nSPS) is 16.1. The van der Waals surface area contributed by atoms with Crippen LogP contribution < -0.4 is 14.4 Å². The Hall–Kier alpha value is -2.87. The molecule has 0 radical (unpaired) electrons. The van der Waals surface area contributed by atoms with Crippen molar-refractivity contribution in [3.05, 3.63) is 53.6 Å². The second kappa shape index (κ2) is 9.73. The lowest BCUT2D eigenvalue weighted by Crippen LogP contribution is -2.27. The maximum absolute atomic E-state index is 12.6.